The van der Waals surface area contributed by atoms with E-state index in [9.17, 15) is 13.2 Å². The number of hydrogen-bond acceptors (Lipinski definition) is 7. The third-order valence-corrected chi connectivity index (χ3v) is 12.7. The van der Waals surface area contributed by atoms with Gasteiger partial charge in [-0.2, -0.15) is 0 Å². The SMILES string of the molecule is Cc1ncnc(C)c1C(=O)N1CCC(C)(N2CCN([C@@H](c3ccccc3)C3CCN(S(=O)(=O)C(C)C)CC3)[C@@H](C)C2)CC1. The summed E-state index contributed by atoms with van der Waals surface area (Å²) in [4.78, 5) is 29.2. The van der Waals surface area contributed by atoms with E-state index in [0.717, 1.165) is 69.8 Å². The fraction of sp³-hybridized carbons (Fsp3) is 0.667. The van der Waals surface area contributed by atoms with Gasteiger partial charge in [-0.1, -0.05) is 30.3 Å². The van der Waals surface area contributed by atoms with Crippen LogP contribution in [-0.2, 0) is 10.0 Å². The fourth-order valence-corrected chi connectivity index (χ4v) is 8.89. The highest BCUT2D eigenvalue weighted by atomic mass is 32.2. The Labute approximate surface area is 258 Å². The van der Waals surface area contributed by atoms with E-state index in [1.807, 2.05) is 18.7 Å². The first kappa shape index (κ1) is 32.0. The van der Waals surface area contributed by atoms with Gasteiger partial charge >= 0.3 is 0 Å². The van der Waals surface area contributed by atoms with Crippen molar-refractivity contribution in [3.63, 3.8) is 0 Å². The number of piperidine rings is 2. The van der Waals surface area contributed by atoms with Gasteiger partial charge in [0.05, 0.1) is 22.2 Å². The second kappa shape index (κ2) is 12.9. The quantitative estimate of drug-likeness (QED) is 0.462. The van der Waals surface area contributed by atoms with Gasteiger partial charge < -0.3 is 4.90 Å². The van der Waals surface area contributed by atoms with E-state index in [4.69, 9.17) is 0 Å². The molecule has 1 aromatic carbocycles. The van der Waals surface area contributed by atoms with E-state index in [-0.39, 0.29) is 22.7 Å². The highest BCUT2D eigenvalue weighted by Crippen LogP contribution is 2.40. The first-order valence-electron chi connectivity index (χ1n) is 16.0. The predicted octanol–water partition coefficient (Wildman–Crippen LogP) is 4.29. The van der Waals surface area contributed by atoms with Crippen LogP contribution >= 0.6 is 0 Å². The monoisotopic (exact) mass is 610 g/mol. The maximum atomic E-state index is 13.4. The van der Waals surface area contributed by atoms with Crippen molar-refractivity contribution in [2.24, 2.45) is 5.92 Å². The number of likely N-dealkylation sites (tertiary alicyclic amines) is 1. The van der Waals surface area contributed by atoms with Crippen LogP contribution in [0.3, 0.4) is 0 Å². The minimum absolute atomic E-state index is 0.0488. The summed E-state index contributed by atoms with van der Waals surface area (Å²) in [5.41, 5.74) is 3.52. The Hall–Kier alpha value is -2.40. The van der Waals surface area contributed by atoms with Gasteiger partial charge in [0.25, 0.3) is 5.91 Å². The second-order valence-electron chi connectivity index (χ2n) is 13.4. The topological polar surface area (TPSA) is 90.0 Å². The summed E-state index contributed by atoms with van der Waals surface area (Å²) in [6.07, 6.45) is 5.18. The number of carbonyl (C=O) groups excluding carboxylic acids is 1. The van der Waals surface area contributed by atoms with Gasteiger partial charge in [-0.15, -0.1) is 0 Å². The number of benzene rings is 1. The predicted molar refractivity (Wildman–Crippen MR) is 170 cm³/mol. The highest BCUT2D eigenvalue weighted by molar-refractivity contribution is 7.89. The lowest BCUT2D eigenvalue weighted by Crippen LogP contribution is -2.63. The molecule has 0 spiro atoms. The molecule has 3 fully saturated rings. The molecule has 4 heterocycles. The zero-order valence-electron chi connectivity index (χ0n) is 26.9. The Balaban J connectivity index is 1.25. The maximum absolute atomic E-state index is 13.4. The van der Waals surface area contributed by atoms with Crippen molar-refractivity contribution < 1.29 is 13.2 Å². The smallest absolute Gasteiger partial charge is 0.257 e. The molecule has 0 bridgehead atoms. The number of piperazine rings is 1. The normalized spacial score (nSPS) is 23.9. The van der Waals surface area contributed by atoms with E-state index in [0.29, 0.717) is 30.6 Å². The summed E-state index contributed by atoms with van der Waals surface area (Å²) >= 11 is 0. The fourth-order valence-electron chi connectivity index (χ4n) is 7.57. The van der Waals surface area contributed by atoms with Gasteiger partial charge in [-0.25, -0.2) is 22.7 Å². The first-order valence-corrected chi connectivity index (χ1v) is 17.5. The summed E-state index contributed by atoms with van der Waals surface area (Å²) in [7, 11) is -3.22. The molecule has 2 aromatic rings. The number of rotatable bonds is 7. The summed E-state index contributed by atoms with van der Waals surface area (Å²) in [5, 5.41) is -0.381. The van der Waals surface area contributed by atoms with Gasteiger partial charge in [0.1, 0.15) is 6.33 Å². The highest BCUT2D eigenvalue weighted by Gasteiger charge is 2.43. The number of aryl methyl sites for hydroxylation is 2. The third-order valence-electron chi connectivity index (χ3n) is 10.4. The van der Waals surface area contributed by atoms with E-state index >= 15 is 0 Å². The van der Waals surface area contributed by atoms with Crippen LogP contribution in [0, 0.1) is 19.8 Å². The van der Waals surface area contributed by atoms with Crippen molar-refractivity contribution in [3.05, 3.63) is 59.2 Å². The summed E-state index contributed by atoms with van der Waals surface area (Å²) in [6, 6.07) is 11.5. The minimum Gasteiger partial charge on any atom is -0.338 e. The van der Waals surface area contributed by atoms with Gasteiger partial charge in [0, 0.05) is 63.4 Å². The Morgan fingerprint density at radius 1 is 0.930 bits per heavy atom. The van der Waals surface area contributed by atoms with Crippen LogP contribution in [0.4, 0.5) is 0 Å². The Kier molecular flexibility index (Phi) is 9.61. The zero-order valence-corrected chi connectivity index (χ0v) is 27.7. The number of nitrogens with zero attached hydrogens (tertiary/aromatic N) is 6. The molecular weight excluding hydrogens is 560 g/mol. The molecule has 1 aromatic heterocycles. The van der Waals surface area contributed by atoms with Crippen LogP contribution in [-0.4, -0.2) is 106 Å². The number of aromatic nitrogens is 2. The molecule has 2 atom stereocenters. The minimum atomic E-state index is -3.22. The maximum Gasteiger partial charge on any atom is 0.257 e. The van der Waals surface area contributed by atoms with Crippen molar-refractivity contribution in [1.82, 2.24) is 29.0 Å². The van der Waals surface area contributed by atoms with Crippen molar-refractivity contribution in [2.45, 2.75) is 90.1 Å². The molecule has 0 unspecified atom stereocenters. The van der Waals surface area contributed by atoms with Crippen LogP contribution in [0.2, 0.25) is 0 Å². The number of amides is 1. The largest absolute Gasteiger partial charge is 0.338 e. The zero-order chi connectivity index (χ0) is 30.9. The van der Waals surface area contributed by atoms with E-state index < -0.39 is 10.0 Å². The molecule has 236 valence electrons. The molecule has 0 radical (unpaired) electrons. The summed E-state index contributed by atoms with van der Waals surface area (Å²) in [5.74, 6) is 0.461. The number of carbonyl (C=O) groups is 1. The molecule has 1 amide bonds. The molecule has 3 aliphatic rings. The lowest BCUT2D eigenvalue weighted by atomic mass is 9.82. The molecule has 3 aliphatic heterocycles. The first-order chi connectivity index (χ1) is 20.4. The van der Waals surface area contributed by atoms with Crippen LogP contribution in [0.25, 0.3) is 0 Å². The summed E-state index contributed by atoms with van der Waals surface area (Å²) < 4.78 is 27.4. The molecule has 0 aliphatic carbocycles. The second-order valence-corrected chi connectivity index (χ2v) is 15.9. The number of sulfonamides is 1. The average molecular weight is 611 g/mol. The van der Waals surface area contributed by atoms with Crippen LogP contribution in [0.5, 0.6) is 0 Å². The van der Waals surface area contributed by atoms with Crippen molar-refractivity contribution in [2.75, 3.05) is 45.8 Å². The van der Waals surface area contributed by atoms with Crippen LogP contribution in [0.1, 0.15) is 86.7 Å². The lowest BCUT2D eigenvalue weighted by molar-refractivity contribution is -0.0421. The Morgan fingerprint density at radius 3 is 2.09 bits per heavy atom. The van der Waals surface area contributed by atoms with Crippen molar-refractivity contribution >= 4 is 15.9 Å². The van der Waals surface area contributed by atoms with Crippen molar-refractivity contribution in [3.8, 4) is 0 Å². The van der Waals surface area contributed by atoms with Crippen LogP contribution < -0.4 is 0 Å². The Morgan fingerprint density at radius 2 is 1.53 bits per heavy atom. The lowest BCUT2D eigenvalue weighted by Gasteiger charge is -2.54. The molecule has 0 saturated carbocycles. The molecular formula is C33H50N6O3S. The van der Waals surface area contributed by atoms with E-state index in [1.165, 1.54) is 11.9 Å². The van der Waals surface area contributed by atoms with Gasteiger partial charge in [-0.3, -0.25) is 14.6 Å². The number of hydrogen-bond donors (Lipinski definition) is 0. The van der Waals surface area contributed by atoms with Gasteiger partial charge in [-0.05, 0) is 78.7 Å². The molecule has 43 heavy (non-hydrogen) atoms. The average Bonchev–Trinajstić information content (AvgIpc) is 2.99. The summed E-state index contributed by atoms with van der Waals surface area (Å²) in [6.45, 7) is 17.7. The molecule has 0 N–H and O–H groups in total. The molecule has 10 heteroatoms. The van der Waals surface area contributed by atoms with Crippen LogP contribution in [0.15, 0.2) is 36.7 Å². The Bertz CT molecular complexity index is 1350. The van der Waals surface area contributed by atoms with E-state index in [2.05, 4.69) is 63.9 Å². The third kappa shape index (κ3) is 6.53. The van der Waals surface area contributed by atoms with E-state index in [1.54, 1.807) is 18.2 Å². The molecule has 3 saturated heterocycles. The van der Waals surface area contributed by atoms with Gasteiger partial charge in [0.2, 0.25) is 10.0 Å². The molecule has 9 nitrogen and oxygen atoms in total. The van der Waals surface area contributed by atoms with Crippen molar-refractivity contribution in [1.29, 1.82) is 0 Å². The standard InChI is InChI=1S/C33H50N6O3S/c1-24(2)43(41,42)38-16-12-29(13-17-38)31(28-10-8-7-9-11-28)39-21-20-37(22-25(39)3)33(6)14-18-36(19-15-33)32(40)30-26(4)34-23-35-27(30)5/h7-11,23-25,29,31H,12-22H2,1-6H3/t25-,31-/m0/s1. The van der Waals surface area contributed by atoms with Gasteiger partial charge in [0.15, 0.2) is 0 Å². The molecule has 5 rings (SSSR count).